The summed E-state index contributed by atoms with van der Waals surface area (Å²) in [5.41, 5.74) is 1.41. The molecule has 1 aliphatic rings. The van der Waals surface area contributed by atoms with Gasteiger partial charge in [0.25, 0.3) is 0 Å². The molecule has 94 valence electrons. The Hall–Kier alpha value is -0.700. The Balaban J connectivity index is 2.14. The molecule has 2 nitrogen and oxygen atoms in total. The zero-order chi connectivity index (χ0) is 12.6. The lowest BCUT2D eigenvalue weighted by molar-refractivity contribution is 0.102. The molecule has 1 heterocycles. The van der Waals surface area contributed by atoms with Gasteiger partial charge in [-0.1, -0.05) is 13.8 Å². The van der Waals surface area contributed by atoms with Crippen LogP contribution in [0.2, 0.25) is 0 Å². The molecule has 2 rings (SSSR count). The van der Waals surface area contributed by atoms with Gasteiger partial charge in [0.05, 0.1) is 15.6 Å². The SMILES string of the molecule is CC(=O)c1sc(C2CCC(C)(C)CC2)nc1C. The van der Waals surface area contributed by atoms with Crippen LogP contribution in [0.25, 0.3) is 0 Å². The standard InChI is InChI=1S/C14H21NOS/c1-9-12(10(2)16)17-13(15-9)11-5-7-14(3,4)8-6-11/h11H,5-8H2,1-4H3. The van der Waals surface area contributed by atoms with Gasteiger partial charge >= 0.3 is 0 Å². The minimum absolute atomic E-state index is 0.155. The largest absolute Gasteiger partial charge is 0.294 e. The third kappa shape index (κ3) is 2.76. The van der Waals surface area contributed by atoms with E-state index in [0.29, 0.717) is 11.3 Å². The first-order valence-electron chi connectivity index (χ1n) is 6.37. The van der Waals surface area contributed by atoms with Crippen molar-refractivity contribution >= 4 is 17.1 Å². The van der Waals surface area contributed by atoms with Crippen molar-refractivity contribution in [1.29, 1.82) is 0 Å². The summed E-state index contributed by atoms with van der Waals surface area (Å²) < 4.78 is 0. The summed E-state index contributed by atoms with van der Waals surface area (Å²) in [5.74, 6) is 0.738. The van der Waals surface area contributed by atoms with Gasteiger partial charge in [0, 0.05) is 12.8 Å². The molecule has 0 saturated heterocycles. The van der Waals surface area contributed by atoms with E-state index < -0.39 is 0 Å². The maximum absolute atomic E-state index is 11.4. The van der Waals surface area contributed by atoms with Crippen LogP contribution in [0, 0.1) is 12.3 Å². The van der Waals surface area contributed by atoms with Crippen LogP contribution < -0.4 is 0 Å². The quantitative estimate of drug-likeness (QED) is 0.732. The molecule has 1 aromatic heterocycles. The predicted molar refractivity (Wildman–Crippen MR) is 71.8 cm³/mol. The highest BCUT2D eigenvalue weighted by molar-refractivity contribution is 7.13. The highest BCUT2D eigenvalue weighted by atomic mass is 32.1. The average molecular weight is 251 g/mol. The van der Waals surface area contributed by atoms with Gasteiger partial charge in [-0.2, -0.15) is 0 Å². The monoisotopic (exact) mass is 251 g/mol. The van der Waals surface area contributed by atoms with Crippen molar-refractivity contribution in [3.05, 3.63) is 15.6 Å². The number of nitrogens with zero attached hydrogens (tertiary/aromatic N) is 1. The van der Waals surface area contributed by atoms with E-state index in [1.807, 2.05) is 6.92 Å². The van der Waals surface area contributed by atoms with Crippen molar-refractivity contribution in [2.75, 3.05) is 0 Å². The molecule has 0 spiro atoms. The first-order chi connectivity index (χ1) is 7.89. The van der Waals surface area contributed by atoms with Gasteiger partial charge in [0.1, 0.15) is 0 Å². The number of Topliss-reactive ketones (excluding diaryl/α,β-unsaturated/α-hetero) is 1. The number of ketones is 1. The summed E-state index contributed by atoms with van der Waals surface area (Å²) in [6.45, 7) is 8.27. The Labute approximate surface area is 107 Å². The van der Waals surface area contributed by atoms with Gasteiger partial charge in [0.2, 0.25) is 0 Å². The topological polar surface area (TPSA) is 30.0 Å². The van der Waals surface area contributed by atoms with Crippen LogP contribution >= 0.6 is 11.3 Å². The molecule has 17 heavy (non-hydrogen) atoms. The maximum atomic E-state index is 11.4. The normalized spacial score (nSPS) is 20.5. The molecule has 3 heteroatoms. The number of hydrogen-bond donors (Lipinski definition) is 0. The van der Waals surface area contributed by atoms with Crippen molar-refractivity contribution in [1.82, 2.24) is 4.98 Å². The van der Waals surface area contributed by atoms with Gasteiger partial charge in [-0.15, -0.1) is 11.3 Å². The van der Waals surface area contributed by atoms with Crippen molar-refractivity contribution < 1.29 is 4.79 Å². The highest BCUT2D eigenvalue weighted by Gasteiger charge is 2.29. The molecule has 0 aromatic carbocycles. The number of aromatic nitrogens is 1. The zero-order valence-electron chi connectivity index (χ0n) is 11.2. The minimum Gasteiger partial charge on any atom is -0.294 e. The summed E-state index contributed by atoms with van der Waals surface area (Å²) in [6.07, 6.45) is 4.98. The molecular weight excluding hydrogens is 230 g/mol. The van der Waals surface area contributed by atoms with Crippen LogP contribution in [-0.4, -0.2) is 10.8 Å². The molecule has 1 fully saturated rings. The molecule has 0 aliphatic heterocycles. The van der Waals surface area contributed by atoms with E-state index >= 15 is 0 Å². The van der Waals surface area contributed by atoms with E-state index in [2.05, 4.69) is 18.8 Å². The smallest absolute Gasteiger partial charge is 0.171 e. The second-order valence-corrected chi connectivity index (χ2v) is 6.99. The lowest BCUT2D eigenvalue weighted by Crippen LogP contribution is -2.20. The molecule has 1 saturated carbocycles. The molecule has 0 atom stereocenters. The van der Waals surface area contributed by atoms with E-state index in [1.165, 1.54) is 30.7 Å². The fourth-order valence-electron chi connectivity index (χ4n) is 2.56. The zero-order valence-corrected chi connectivity index (χ0v) is 12.0. The van der Waals surface area contributed by atoms with Gasteiger partial charge in [-0.3, -0.25) is 4.79 Å². The second-order valence-electron chi connectivity index (χ2n) is 5.96. The Morgan fingerprint density at radius 3 is 2.41 bits per heavy atom. The van der Waals surface area contributed by atoms with E-state index in [-0.39, 0.29) is 5.78 Å². The first-order valence-corrected chi connectivity index (χ1v) is 7.19. The molecular formula is C14H21NOS. The maximum Gasteiger partial charge on any atom is 0.171 e. The molecule has 0 amide bonds. The van der Waals surface area contributed by atoms with Gasteiger partial charge in [-0.05, 0) is 38.0 Å². The summed E-state index contributed by atoms with van der Waals surface area (Å²) in [6, 6.07) is 0. The average Bonchev–Trinajstić information content (AvgIpc) is 2.60. The summed E-state index contributed by atoms with van der Waals surface area (Å²) in [7, 11) is 0. The molecule has 0 unspecified atom stereocenters. The van der Waals surface area contributed by atoms with Gasteiger partial charge in [0.15, 0.2) is 5.78 Å². The van der Waals surface area contributed by atoms with E-state index in [4.69, 9.17) is 0 Å². The molecule has 0 radical (unpaired) electrons. The van der Waals surface area contributed by atoms with Crippen LogP contribution in [0.3, 0.4) is 0 Å². The third-order valence-corrected chi connectivity index (χ3v) is 5.24. The Bertz CT molecular complexity index is 423. The van der Waals surface area contributed by atoms with Crippen molar-refractivity contribution in [2.24, 2.45) is 5.41 Å². The molecule has 1 aromatic rings. The van der Waals surface area contributed by atoms with E-state index in [1.54, 1.807) is 18.3 Å². The fourth-order valence-corrected chi connectivity index (χ4v) is 3.70. The molecule has 1 aliphatic carbocycles. The fraction of sp³-hybridized carbons (Fsp3) is 0.714. The highest BCUT2D eigenvalue weighted by Crippen LogP contribution is 2.43. The number of rotatable bonds is 2. The van der Waals surface area contributed by atoms with Crippen molar-refractivity contribution in [3.8, 4) is 0 Å². The van der Waals surface area contributed by atoms with Gasteiger partial charge in [-0.25, -0.2) is 4.98 Å². The second kappa shape index (κ2) is 4.52. The summed E-state index contributed by atoms with van der Waals surface area (Å²) in [5, 5.41) is 1.18. The van der Waals surface area contributed by atoms with Gasteiger partial charge < -0.3 is 0 Å². The Morgan fingerprint density at radius 1 is 1.35 bits per heavy atom. The summed E-state index contributed by atoms with van der Waals surface area (Å²) in [4.78, 5) is 16.9. The minimum atomic E-state index is 0.155. The number of carbonyl (C=O) groups is 1. The lowest BCUT2D eigenvalue weighted by Gasteiger charge is -2.33. The number of thiazole rings is 1. The van der Waals surface area contributed by atoms with Crippen LogP contribution in [0.4, 0.5) is 0 Å². The van der Waals surface area contributed by atoms with Crippen molar-refractivity contribution in [3.63, 3.8) is 0 Å². The van der Waals surface area contributed by atoms with E-state index in [0.717, 1.165) is 10.6 Å². The third-order valence-electron chi connectivity index (χ3n) is 3.82. The van der Waals surface area contributed by atoms with Crippen LogP contribution in [-0.2, 0) is 0 Å². The number of carbonyl (C=O) groups excluding carboxylic acids is 1. The predicted octanol–water partition coefficient (Wildman–Crippen LogP) is 4.34. The number of aryl methyl sites for hydroxylation is 1. The lowest BCUT2D eigenvalue weighted by atomic mass is 9.73. The summed E-state index contributed by atoms with van der Waals surface area (Å²) >= 11 is 1.61. The first kappa shape index (κ1) is 12.7. The van der Waals surface area contributed by atoms with Crippen LogP contribution in [0.15, 0.2) is 0 Å². The number of hydrogen-bond acceptors (Lipinski definition) is 3. The van der Waals surface area contributed by atoms with E-state index in [9.17, 15) is 4.79 Å². The molecule has 0 N–H and O–H groups in total. The van der Waals surface area contributed by atoms with Crippen LogP contribution in [0.5, 0.6) is 0 Å². The Kier molecular flexibility index (Phi) is 3.39. The van der Waals surface area contributed by atoms with Crippen molar-refractivity contribution in [2.45, 2.75) is 59.3 Å². The van der Waals surface area contributed by atoms with Crippen LogP contribution in [0.1, 0.15) is 72.7 Å². The molecule has 0 bridgehead atoms. The Morgan fingerprint density at radius 2 is 1.94 bits per heavy atom.